The van der Waals surface area contributed by atoms with Gasteiger partial charge in [0.15, 0.2) is 5.13 Å². The molecule has 0 aliphatic carbocycles. The molecule has 2 aromatic carbocycles. The number of fused-ring (bicyclic) bond motifs is 1. The molecule has 7 heteroatoms. The fraction of sp³-hybridized carbons (Fsp3) is 0.125. The van der Waals surface area contributed by atoms with Crippen molar-refractivity contribution in [1.29, 1.82) is 0 Å². The Morgan fingerprint density at radius 3 is 2.74 bits per heavy atom. The first-order valence-corrected chi connectivity index (χ1v) is 11.0. The lowest BCUT2D eigenvalue weighted by atomic mass is 10.2. The number of pyridine rings is 1. The maximum Gasteiger partial charge on any atom is 0.253 e. The summed E-state index contributed by atoms with van der Waals surface area (Å²) in [5, 5.41) is 1.17. The molecule has 0 radical (unpaired) electrons. The van der Waals surface area contributed by atoms with Crippen LogP contribution in [0, 0.1) is 0 Å². The number of aromatic nitrogens is 2. The molecule has 1 amide bonds. The fourth-order valence-corrected chi connectivity index (χ4v) is 4.24. The second-order valence-electron chi connectivity index (χ2n) is 6.63. The van der Waals surface area contributed by atoms with Crippen molar-refractivity contribution in [2.24, 2.45) is 0 Å². The first-order chi connectivity index (χ1) is 15.2. The summed E-state index contributed by atoms with van der Waals surface area (Å²) in [4.78, 5) is 24.0. The van der Waals surface area contributed by atoms with Gasteiger partial charge in [-0.2, -0.15) is 0 Å². The molecule has 0 N–H and O–H groups in total. The number of amides is 1. The van der Waals surface area contributed by atoms with Gasteiger partial charge in [0.1, 0.15) is 11.3 Å². The molecule has 0 aliphatic rings. The monoisotopic (exact) mass is 449 g/mol. The van der Waals surface area contributed by atoms with E-state index in [-0.39, 0.29) is 5.91 Å². The zero-order chi connectivity index (χ0) is 21.6. The number of rotatable bonds is 7. The zero-order valence-corrected chi connectivity index (χ0v) is 18.4. The number of ether oxygens (including phenoxy) is 1. The van der Waals surface area contributed by atoms with E-state index in [1.165, 1.54) is 17.4 Å². The Kier molecular flexibility index (Phi) is 6.60. The highest BCUT2D eigenvalue weighted by Gasteiger charge is 2.20. The van der Waals surface area contributed by atoms with Crippen molar-refractivity contribution in [3.63, 3.8) is 0 Å². The molecular formula is C24H20ClN3O2S. The molecular weight excluding hydrogens is 430 g/mol. The van der Waals surface area contributed by atoms with E-state index in [4.69, 9.17) is 21.3 Å². The van der Waals surface area contributed by atoms with Crippen LogP contribution in [0.1, 0.15) is 18.2 Å². The van der Waals surface area contributed by atoms with E-state index in [0.29, 0.717) is 29.1 Å². The minimum Gasteiger partial charge on any atom is -0.492 e. The van der Waals surface area contributed by atoms with Gasteiger partial charge in [0.05, 0.1) is 23.5 Å². The predicted molar refractivity (Wildman–Crippen MR) is 127 cm³/mol. The normalized spacial score (nSPS) is 11.2. The van der Waals surface area contributed by atoms with E-state index < -0.39 is 0 Å². The summed E-state index contributed by atoms with van der Waals surface area (Å²) in [6.45, 7) is 2.78. The van der Waals surface area contributed by atoms with Gasteiger partial charge in [-0.15, -0.1) is 0 Å². The van der Waals surface area contributed by atoms with E-state index in [2.05, 4.69) is 4.98 Å². The summed E-state index contributed by atoms with van der Waals surface area (Å²) in [5.41, 5.74) is 2.29. The molecule has 2 aromatic heterocycles. The number of anilines is 1. The van der Waals surface area contributed by atoms with Crippen molar-refractivity contribution in [1.82, 2.24) is 9.97 Å². The summed E-state index contributed by atoms with van der Waals surface area (Å²) < 4.78 is 6.66. The fourth-order valence-electron chi connectivity index (χ4n) is 3.05. The van der Waals surface area contributed by atoms with E-state index in [1.54, 1.807) is 23.2 Å². The van der Waals surface area contributed by atoms with Gasteiger partial charge in [0, 0.05) is 17.3 Å². The van der Waals surface area contributed by atoms with Crippen molar-refractivity contribution in [2.45, 2.75) is 13.5 Å². The van der Waals surface area contributed by atoms with Crippen molar-refractivity contribution >= 4 is 50.3 Å². The average Bonchev–Trinajstić information content (AvgIpc) is 3.23. The number of para-hydroxylation sites is 1. The van der Waals surface area contributed by atoms with Gasteiger partial charge in [-0.1, -0.05) is 53.3 Å². The third-order valence-electron chi connectivity index (χ3n) is 4.52. The first kappa shape index (κ1) is 21.0. The maximum absolute atomic E-state index is 13.2. The predicted octanol–water partition coefficient (Wildman–Crippen LogP) is 5.99. The second kappa shape index (κ2) is 9.73. The lowest BCUT2D eigenvalue weighted by Gasteiger charge is -2.17. The van der Waals surface area contributed by atoms with Crippen molar-refractivity contribution < 1.29 is 9.53 Å². The topological polar surface area (TPSA) is 55.3 Å². The number of carbonyl (C=O) groups is 1. The van der Waals surface area contributed by atoms with E-state index in [1.807, 2.05) is 61.5 Å². The molecule has 31 heavy (non-hydrogen) atoms. The Hall–Kier alpha value is -3.22. The Morgan fingerprint density at radius 2 is 1.97 bits per heavy atom. The van der Waals surface area contributed by atoms with Crippen LogP contribution in [0.5, 0.6) is 5.75 Å². The van der Waals surface area contributed by atoms with Crippen LogP contribution in [0.2, 0.25) is 5.02 Å². The molecule has 0 atom stereocenters. The number of halogens is 1. The summed E-state index contributed by atoms with van der Waals surface area (Å²) in [6, 6.07) is 18.8. The molecule has 0 aliphatic heterocycles. The summed E-state index contributed by atoms with van der Waals surface area (Å²) in [7, 11) is 0. The summed E-state index contributed by atoms with van der Waals surface area (Å²) in [6.07, 6.45) is 4.94. The molecule has 156 valence electrons. The molecule has 0 saturated heterocycles. The molecule has 4 aromatic rings. The number of nitrogens with zero attached hydrogens (tertiary/aromatic N) is 3. The third-order valence-corrected chi connectivity index (χ3v) is 5.91. The van der Waals surface area contributed by atoms with E-state index in [9.17, 15) is 4.79 Å². The molecule has 5 nitrogen and oxygen atoms in total. The highest BCUT2D eigenvalue weighted by atomic mass is 35.5. The molecule has 0 saturated carbocycles. The van der Waals surface area contributed by atoms with Crippen molar-refractivity contribution in [2.75, 3.05) is 11.5 Å². The third kappa shape index (κ3) is 4.93. The van der Waals surface area contributed by atoms with Gasteiger partial charge in [0.25, 0.3) is 5.91 Å². The molecule has 0 spiro atoms. The average molecular weight is 450 g/mol. The number of hydrogen-bond acceptors (Lipinski definition) is 5. The number of carbonyl (C=O) groups excluding carboxylic acids is 1. The van der Waals surface area contributed by atoms with Gasteiger partial charge in [-0.3, -0.25) is 14.7 Å². The van der Waals surface area contributed by atoms with Crippen molar-refractivity contribution in [3.05, 3.63) is 89.2 Å². The Labute approximate surface area is 189 Å². The minimum absolute atomic E-state index is 0.206. The maximum atomic E-state index is 13.2. The lowest BCUT2D eigenvalue weighted by Crippen LogP contribution is -2.29. The summed E-state index contributed by atoms with van der Waals surface area (Å²) >= 11 is 7.67. The molecule has 2 heterocycles. The number of thiazole rings is 1. The highest BCUT2D eigenvalue weighted by molar-refractivity contribution is 7.22. The SMILES string of the molecule is CCOc1cccc2sc(N(Cc3ccccn3)C(=O)/C=C/c3ccccc3Cl)nc12. The van der Waals surface area contributed by atoms with E-state index >= 15 is 0 Å². The standard InChI is InChI=1S/C24H20ClN3O2S/c1-2-30-20-11-7-12-21-23(20)27-24(31-21)28(16-18-9-5-6-15-26-18)22(29)14-13-17-8-3-4-10-19(17)25/h3-15H,2,16H2,1H3/b14-13+. The van der Waals surface area contributed by atoms with Crippen LogP contribution in [-0.4, -0.2) is 22.5 Å². The van der Waals surface area contributed by atoms with Crippen LogP contribution in [-0.2, 0) is 11.3 Å². The largest absolute Gasteiger partial charge is 0.492 e. The molecule has 0 unspecified atom stereocenters. The molecule has 0 bridgehead atoms. The number of benzene rings is 2. The second-order valence-corrected chi connectivity index (χ2v) is 8.05. The summed E-state index contributed by atoms with van der Waals surface area (Å²) in [5.74, 6) is 0.502. The van der Waals surface area contributed by atoms with Crippen LogP contribution in [0.25, 0.3) is 16.3 Å². The van der Waals surface area contributed by atoms with Gasteiger partial charge in [-0.05, 0) is 48.9 Å². The van der Waals surface area contributed by atoms with Gasteiger partial charge < -0.3 is 4.74 Å². The lowest BCUT2D eigenvalue weighted by molar-refractivity contribution is -0.114. The molecule has 0 fully saturated rings. The van der Waals surface area contributed by atoms with Crippen LogP contribution < -0.4 is 9.64 Å². The van der Waals surface area contributed by atoms with Crippen LogP contribution >= 0.6 is 22.9 Å². The molecule has 4 rings (SSSR count). The zero-order valence-electron chi connectivity index (χ0n) is 16.9. The van der Waals surface area contributed by atoms with Gasteiger partial charge >= 0.3 is 0 Å². The van der Waals surface area contributed by atoms with Crippen molar-refractivity contribution in [3.8, 4) is 5.75 Å². The van der Waals surface area contributed by atoms with Crippen LogP contribution in [0.4, 0.5) is 5.13 Å². The van der Waals surface area contributed by atoms with Crippen LogP contribution in [0.15, 0.2) is 72.9 Å². The minimum atomic E-state index is -0.206. The smallest absolute Gasteiger partial charge is 0.253 e. The van der Waals surface area contributed by atoms with E-state index in [0.717, 1.165) is 21.5 Å². The Bertz CT molecular complexity index is 1220. The highest BCUT2D eigenvalue weighted by Crippen LogP contribution is 2.35. The number of hydrogen-bond donors (Lipinski definition) is 0. The Balaban J connectivity index is 1.71. The van der Waals surface area contributed by atoms with Crippen LogP contribution in [0.3, 0.4) is 0 Å². The quantitative estimate of drug-likeness (QED) is 0.325. The Morgan fingerprint density at radius 1 is 1.13 bits per heavy atom. The van der Waals surface area contributed by atoms with Gasteiger partial charge in [-0.25, -0.2) is 4.98 Å². The first-order valence-electron chi connectivity index (χ1n) is 9.82. The van der Waals surface area contributed by atoms with Gasteiger partial charge in [0.2, 0.25) is 0 Å².